The Labute approximate surface area is 110 Å². The minimum atomic E-state index is -4.72. The normalized spacial score (nSPS) is 11.8. The fourth-order valence-corrected chi connectivity index (χ4v) is 2.37. The van der Waals surface area contributed by atoms with Crippen LogP contribution in [0, 0.1) is 5.82 Å². The molecule has 1 aromatic heterocycles. The first kappa shape index (κ1) is 13.9. The van der Waals surface area contributed by atoms with Crippen LogP contribution in [-0.4, -0.2) is 17.2 Å². The smallest absolute Gasteiger partial charge is 0.313 e. The van der Waals surface area contributed by atoms with Crippen LogP contribution in [0.1, 0.15) is 10.6 Å². The highest BCUT2D eigenvalue weighted by Gasteiger charge is 2.35. The summed E-state index contributed by atoms with van der Waals surface area (Å²) >= 11 is 1.05. The first-order valence-corrected chi connectivity index (χ1v) is 6.08. The number of benzene rings is 1. The Bertz CT molecular complexity index is 580. The lowest BCUT2D eigenvalue weighted by Gasteiger charge is -2.09. The van der Waals surface area contributed by atoms with Crippen molar-refractivity contribution in [1.29, 1.82) is 0 Å². The van der Waals surface area contributed by atoms with Gasteiger partial charge in [-0.1, -0.05) is 17.4 Å². The molecule has 0 bridgehead atoms. The Hall–Kier alpha value is -1.54. The van der Waals surface area contributed by atoms with Gasteiger partial charge in [0.25, 0.3) is 0 Å². The second kappa shape index (κ2) is 5.22. The topological polar surface area (TPSA) is 37.8 Å². The lowest BCUT2D eigenvalue weighted by molar-refractivity contribution is -0.139. The standard InChI is InChI=1S/C11H9F4N3S/c1-16-5-8-17-18-10(19-8)6-3-2-4-7(9(6)12)11(13,14)15/h2-4,16H,5H2,1H3. The molecule has 2 aromatic rings. The van der Waals surface area contributed by atoms with Crippen LogP contribution in [-0.2, 0) is 12.7 Å². The molecule has 3 nitrogen and oxygen atoms in total. The maximum atomic E-state index is 13.9. The summed E-state index contributed by atoms with van der Waals surface area (Å²) in [6.45, 7) is 0.429. The summed E-state index contributed by atoms with van der Waals surface area (Å²) in [4.78, 5) is 0. The zero-order chi connectivity index (χ0) is 14.0. The van der Waals surface area contributed by atoms with Crippen molar-refractivity contribution in [1.82, 2.24) is 15.5 Å². The summed E-state index contributed by atoms with van der Waals surface area (Å²) in [5.41, 5.74) is -1.48. The van der Waals surface area contributed by atoms with Crippen LogP contribution in [0.5, 0.6) is 0 Å². The van der Waals surface area contributed by atoms with E-state index in [0.29, 0.717) is 17.6 Å². The maximum absolute atomic E-state index is 13.9. The largest absolute Gasteiger partial charge is 0.419 e. The van der Waals surface area contributed by atoms with E-state index in [1.54, 1.807) is 7.05 Å². The molecule has 1 aromatic carbocycles. The van der Waals surface area contributed by atoms with Crippen LogP contribution in [0.3, 0.4) is 0 Å². The number of nitrogens with zero attached hydrogens (tertiary/aromatic N) is 2. The Morgan fingerprint density at radius 2 is 2.00 bits per heavy atom. The molecule has 0 saturated carbocycles. The highest BCUT2D eigenvalue weighted by Crippen LogP contribution is 2.36. The molecule has 1 N–H and O–H groups in total. The number of rotatable bonds is 3. The monoisotopic (exact) mass is 291 g/mol. The van der Waals surface area contributed by atoms with Gasteiger partial charge < -0.3 is 5.32 Å². The van der Waals surface area contributed by atoms with Gasteiger partial charge in [0.1, 0.15) is 10.8 Å². The second-order valence-corrected chi connectivity index (χ2v) is 4.76. The van der Waals surface area contributed by atoms with Gasteiger partial charge in [-0.05, 0) is 19.2 Å². The second-order valence-electron chi connectivity index (χ2n) is 3.70. The number of hydrogen-bond donors (Lipinski definition) is 1. The molecule has 0 fully saturated rings. The van der Waals surface area contributed by atoms with Crippen LogP contribution in [0.4, 0.5) is 17.6 Å². The van der Waals surface area contributed by atoms with E-state index in [4.69, 9.17) is 0 Å². The van der Waals surface area contributed by atoms with Gasteiger partial charge >= 0.3 is 6.18 Å². The molecule has 8 heteroatoms. The van der Waals surface area contributed by atoms with Crippen LogP contribution in [0.15, 0.2) is 18.2 Å². The van der Waals surface area contributed by atoms with E-state index in [0.717, 1.165) is 17.4 Å². The lowest BCUT2D eigenvalue weighted by Crippen LogP contribution is -2.08. The zero-order valence-electron chi connectivity index (χ0n) is 9.75. The SMILES string of the molecule is CNCc1nnc(-c2cccc(C(F)(F)F)c2F)s1. The van der Waals surface area contributed by atoms with Gasteiger partial charge in [-0.2, -0.15) is 13.2 Å². The van der Waals surface area contributed by atoms with Crippen LogP contribution < -0.4 is 5.32 Å². The quantitative estimate of drug-likeness (QED) is 0.883. The van der Waals surface area contributed by atoms with Gasteiger partial charge in [-0.3, -0.25) is 0 Å². The molecule has 102 valence electrons. The molecule has 0 spiro atoms. The molecule has 2 rings (SSSR count). The summed E-state index contributed by atoms with van der Waals surface area (Å²) in [5.74, 6) is -1.32. The first-order chi connectivity index (χ1) is 8.93. The molecular formula is C11H9F4N3S. The summed E-state index contributed by atoms with van der Waals surface area (Å²) < 4.78 is 51.6. The molecule has 0 aliphatic carbocycles. The molecule has 0 atom stereocenters. The van der Waals surface area contributed by atoms with E-state index < -0.39 is 17.6 Å². The van der Waals surface area contributed by atoms with E-state index in [9.17, 15) is 17.6 Å². The third-order valence-corrected chi connectivity index (χ3v) is 3.29. The Morgan fingerprint density at radius 1 is 1.26 bits per heavy atom. The summed E-state index contributed by atoms with van der Waals surface area (Å²) in [6.07, 6.45) is -4.72. The van der Waals surface area contributed by atoms with Crippen molar-refractivity contribution in [2.75, 3.05) is 7.05 Å². The van der Waals surface area contributed by atoms with Crippen LogP contribution in [0.2, 0.25) is 0 Å². The Morgan fingerprint density at radius 3 is 2.63 bits per heavy atom. The van der Waals surface area contributed by atoms with Gasteiger partial charge in [0.15, 0.2) is 5.01 Å². The average molecular weight is 291 g/mol. The molecule has 0 radical (unpaired) electrons. The molecule has 0 aliphatic rings. The van der Waals surface area contributed by atoms with Crippen molar-refractivity contribution >= 4 is 11.3 Å². The number of aromatic nitrogens is 2. The fourth-order valence-electron chi connectivity index (χ4n) is 1.50. The third-order valence-electron chi connectivity index (χ3n) is 2.33. The predicted octanol–water partition coefficient (Wildman–Crippen LogP) is 3.08. The van der Waals surface area contributed by atoms with E-state index in [-0.39, 0.29) is 10.6 Å². The van der Waals surface area contributed by atoms with Crippen molar-refractivity contribution < 1.29 is 17.6 Å². The average Bonchev–Trinajstić information content (AvgIpc) is 2.76. The highest BCUT2D eigenvalue weighted by atomic mass is 32.1. The molecule has 0 aliphatic heterocycles. The van der Waals surface area contributed by atoms with Crippen molar-refractivity contribution in [2.24, 2.45) is 0 Å². The summed E-state index contributed by atoms with van der Waals surface area (Å²) in [7, 11) is 1.70. The molecule has 0 unspecified atom stereocenters. The van der Waals surface area contributed by atoms with E-state index >= 15 is 0 Å². The van der Waals surface area contributed by atoms with Crippen molar-refractivity contribution in [3.05, 3.63) is 34.6 Å². The minimum Gasteiger partial charge on any atom is -0.313 e. The Balaban J connectivity index is 2.45. The van der Waals surface area contributed by atoms with Crippen LogP contribution >= 0.6 is 11.3 Å². The van der Waals surface area contributed by atoms with Gasteiger partial charge in [-0.15, -0.1) is 10.2 Å². The summed E-state index contributed by atoms with van der Waals surface area (Å²) in [6, 6.07) is 3.11. The predicted molar refractivity (Wildman–Crippen MR) is 63.1 cm³/mol. The van der Waals surface area contributed by atoms with E-state index in [1.165, 1.54) is 6.07 Å². The zero-order valence-corrected chi connectivity index (χ0v) is 10.6. The summed E-state index contributed by atoms with van der Waals surface area (Å²) in [5, 5.41) is 11.0. The number of hydrogen-bond acceptors (Lipinski definition) is 4. The van der Waals surface area contributed by atoms with Crippen molar-refractivity contribution in [3.8, 4) is 10.6 Å². The van der Waals surface area contributed by atoms with Crippen molar-refractivity contribution in [3.63, 3.8) is 0 Å². The number of halogens is 4. The van der Waals surface area contributed by atoms with E-state index in [2.05, 4.69) is 15.5 Å². The minimum absolute atomic E-state index is 0.133. The van der Waals surface area contributed by atoms with Crippen LogP contribution in [0.25, 0.3) is 10.6 Å². The molecule has 1 heterocycles. The van der Waals surface area contributed by atoms with Gasteiger partial charge in [-0.25, -0.2) is 4.39 Å². The molecule has 0 saturated heterocycles. The first-order valence-electron chi connectivity index (χ1n) is 5.26. The highest BCUT2D eigenvalue weighted by molar-refractivity contribution is 7.14. The molecule has 19 heavy (non-hydrogen) atoms. The van der Waals surface area contributed by atoms with Gasteiger partial charge in [0.2, 0.25) is 0 Å². The van der Waals surface area contributed by atoms with Gasteiger partial charge in [0.05, 0.1) is 5.56 Å². The Kier molecular flexibility index (Phi) is 3.81. The number of alkyl halides is 3. The lowest BCUT2D eigenvalue weighted by atomic mass is 10.1. The number of nitrogens with one attached hydrogen (secondary N) is 1. The van der Waals surface area contributed by atoms with Gasteiger partial charge in [0, 0.05) is 12.1 Å². The fraction of sp³-hybridized carbons (Fsp3) is 0.273. The molecule has 0 amide bonds. The maximum Gasteiger partial charge on any atom is 0.419 e. The third kappa shape index (κ3) is 2.90. The molecular weight excluding hydrogens is 282 g/mol. The van der Waals surface area contributed by atoms with E-state index in [1.807, 2.05) is 0 Å². The van der Waals surface area contributed by atoms with Crippen molar-refractivity contribution in [2.45, 2.75) is 12.7 Å².